The molecule has 186 valence electrons. The highest BCUT2D eigenvalue weighted by Gasteiger charge is 2.44. The first-order chi connectivity index (χ1) is 17.3. The molecule has 1 aliphatic carbocycles. The van der Waals surface area contributed by atoms with E-state index in [1.807, 2.05) is 18.2 Å². The second-order valence-electron chi connectivity index (χ2n) is 9.12. The minimum atomic E-state index is -3.75. The van der Waals surface area contributed by atoms with Gasteiger partial charge in [-0.2, -0.15) is 5.10 Å². The largest absolute Gasteiger partial charge is 0.309 e. The highest BCUT2D eigenvalue weighted by Crippen LogP contribution is 2.41. The van der Waals surface area contributed by atoms with Crippen molar-refractivity contribution >= 4 is 45.9 Å². The van der Waals surface area contributed by atoms with Crippen molar-refractivity contribution in [3.05, 3.63) is 47.9 Å². The third-order valence-electron chi connectivity index (χ3n) is 6.43. The van der Waals surface area contributed by atoms with E-state index in [0.717, 1.165) is 18.5 Å². The lowest BCUT2D eigenvalue weighted by molar-refractivity contribution is 0.0816. The lowest BCUT2D eigenvalue weighted by Gasteiger charge is -2.31. The third kappa shape index (κ3) is 4.56. The summed E-state index contributed by atoms with van der Waals surface area (Å²) in [5, 5.41) is 5.14. The van der Waals surface area contributed by atoms with Gasteiger partial charge in [0.25, 0.3) is 5.66 Å². The Bertz CT molecular complexity index is 1640. The number of sulfone groups is 1. The number of aromatic nitrogens is 6. The Morgan fingerprint density at radius 3 is 2.54 bits per heavy atom. The molecule has 1 atom stereocenters. The highest BCUT2D eigenvalue weighted by atomic mass is 32.2. The molecule has 4 aromatic rings. The van der Waals surface area contributed by atoms with Crippen LogP contribution in [0.1, 0.15) is 37.1 Å². The van der Waals surface area contributed by atoms with Crippen LogP contribution in [0.4, 0.5) is 8.78 Å². The molecule has 0 amide bonds. The van der Waals surface area contributed by atoms with Crippen LogP contribution in [-0.4, -0.2) is 65.2 Å². The van der Waals surface area contributed by atoms with Gasteiger partial charge in [-0.05, 0) is 37.1 Å². The molecule has 0 saturated heterocycles. The minimum absolute atomic E-state index is 0.0267. The third-order valence-corrected chi connectivity index (χ3v) is 8.65. The Morgan fingerprint density at radius 1 is 1.16 bits per heavy atom. The van der Waals surface area contributed by atoms with Crippen LogP contribution in [0.3, 0.4) is 0 Å². The molecule has 14 heteroatoms. The van der Waals surface area contributed by atoms with Gasteiger partial charge in [-0.1, -0.05) is 22.2 Å². The summed E-state index contributed by atoms with van der Waals surface area (Å²) in [6.07, 6.45) is 3.72. The number of rotatable bonds is 7. The van der Waals surface area contributed by atoms with Crippen molar-refractivity contribution in [1.29, 1.82) is 0 Å². The van der Waals surface area contributed by atoms with Crippen molar-refractivity contribution in [2.45, 2.75) is 41.5 Å². The van der Waals surface area contributed by atoms with E-state index in [1.165, 1.54) is 32.9 Å². The van der Waals surface area contributed by atoms with Gasteiger partial charge in [-0.3, -0.25) is 9.97 Å². The van der Waals surface area contributed by atoms with Crippen LogP contribution < -0.4 is 0 Å². The average Bonchev–Trinajstić information content (AvgIpc) is 3.67. The smallest absolute Gasteiger partial charge is 0.254 e. The number of imidazole rings is 1. The van der Waals surface area contributed by atoms with Crippen molar-refractivity contribution in [2.75, 3.05) is 5.75 Å². The normalized spacial score (nSPS) is 14.8. The first-order valence-corrected chi connectivity index (χ1v) is 13.7. The summed E-state index contributed by atoms with van der Waals surface area (Å²) in [7, 11) is 10.4. The number of hydrogen-bond acceptors (Lipinski definition) is 7. The summed E-state index contributed by atoms with van der Waals surface area (Å²) in [5.41, 5.74) is -1.34. The van der Waals surface area contributed by atoms with E-state index in [2.05, 4.69) is 20.2 Å². The highest BCUT2D eigenvalue weighted by molar-refractivity contribution is 7.91. The van der Waals surface area contributed by atoms with Gasteiger partial charge < -0.3 is 4.57 Å². The van der Waals surface area contributed by atoms with Gasteiger partial charge in [0.05, 0.1) is 37.7 Å². The van der Waals surface area contributed by atoms with Gasteiger partial charge in [-0.15, -0.1) is 5.10 Å². The van der Waals surface area contributed by atoms with Crippen LogP contribution in [0.25, 0.3) is 33.9 Å². The van der Waals surface area contributed by atoms with E-state index >= 15 is 0 Å². The summed E-state index contributed by atoms with van der Waals surface area (Å²) in [5.74, 6) is 0.432. The number of nitrogens with zero attached hydrogens (tertiary/aromatic N) is 6. The molecule has 4 radical (unpaired) electrons. The Kier molecular flexibility index (Phi) is 6.22. The molecule has 0 N–H and O–H groups in total. The zero-order valence-corrected chi connectivity index (χ0v) is 22.0. The maximum Gasteiger partial charge on any atom is 0.254 e. The van der Waals surface area contributed by atoms with Gasteiger partial charge in [-0.25, -0.2) is 22.2 Å². The summed E-state index contributed by atoms with van der Waals surface area (Å²) in [6, 6.07) is 8.42. The Labute approximate surface area is 217 Å². The molecule has 5 rings (SSSR count). The van der Waals surface area contributed by atoms with E-state index in [4.69, 9.17) is 20.7 Å². The van der Waals surface area contributed by atoms with E-state index in [0.29, 0.717) is 17.2 Å². The van der Waals surface area contributed by atoms with Crippen LogP contribution in [0.15, 0.2) is 41.4 Å². The Balaban J connectivity index is 1.66. The van der Waals surface area contributed by atoms with E-state index in [9.17, 15) is 17.2 Å². The van der Waals surface area contributed by atoms with Gasteiger partial charge in [0.15, 0.2) is 21.3 Å². The summed E-state index contributed by atoms with van der Waals surface area (Å²) >= 11 is 0. The summed E-state index contributed by atoms with van der Waals surface area (Å²) < 4.78 is 55.7. The van der Waals surface area contributed by atoms with Gasteiger partial charge >= 0.3 is 0 Å². The molecule has 1 aliphatic rings. The molecule has 37 heavy (non-hydrogen) atoms. The molecule has 8 nitrogen and oxygen atoms in total. The van der Waals surface area contributed by atoms with E-state index in [1.54, 1.807) is 13.2 Å². The molecule has 0 aromatic carbocycles. The van der Waals surface area contributed by atoms with Crippen LogP contribution in [-0.2, 0) is 22.1 Å². The fourth-order valence-corrected chi connectivity index (χ4v) is 5.14. The van der Waals surface area contributed by atoms with E-state index < -0.39 is 20.7 Å². The lowest BCUT2D eigenvalue weighted by Crippen LogP contribution is -2.43. The molecular weight excluding hydrogens is 515 g/mol. The Morgan fingerprint density at radius 2 is 1.89 bits per heavy atom. The molecule has 1 fully saturated rings. The molecule has 0 aliphatic heterocycles. The number of pyridine rings is 2. The quantitative estimate of drug-likeness (QED) is 0.264. The SMILES string of the molecule is [B]C([B])(c1cc2nc(-c3ncc(-c4cccc(C5CC5)n4)cc3S(=O)(=O)CC)n(C)c2nn1)C(F)(F)P. The van der Waals surface area contributed by atoms with Crippen molar-refractivity contribution < 1.29 is 17.2 Å². The minimum Gasteiger partial charge on any atom is -0.309 e. The zero-order valence-electron chi connectivity index (χ0n) is 20.1. The molecule has 1 saturated carbocycles. The van der Waals surface area contributed by atoms with Gasteiger partial charge in [0.2, 0.25) is 0 Å². The maximum atomic E-state index is 13.9. The fourth-order valence-electron chi connectivity index (χ4n) is 3.93. The first kappa shape index (κ1) is 25.9. The van der Waals surface area contributed by atoms with Crippen molar-refractivity contribution in [3.8, 4) is 22.8 Å². The number of alkyl halides is 2. The molecule has 0 spiro atoms. The predicted octanol–water partition coefficient (Wildman–Crippen LogP) is 3.12. The van der Waals surface area contributed by atoms with Crippen LogP contribution >= 0.6 is 9.24 Å². The number of aryl methyl sites for hydroxylation is 1. The number of halogens is 2. The van der Waals surface area contributed by atoms with Crippen molar-refractivity contribution in [2.24, 2.45) is 7.05 Å². The van der Waals surface area contributed by atoms with Crippen molar-refractivity contribution in [1.82, 2.24) is 29.7 Å². The second-order valence-corrected chi connectivity index (χ2v) is 12.1. The first-order valence-electron chi connectivity index (χ1n) is 11.5. The lowest BCUT2D eigenvalue weighted by atomic mass is 9.52. The number of hydrogen-bond donors (Lipinski definition) is 0. The molecular formula is C23H21B2F2N6O2PS. The average molecular weight is 536 g/mol. The van der Waals surface area contributed by atoms with Crippen LogP contribution in [0.5, 0.6) is 0 Å². The molecule has 4 aromatic heterocycles. The van der Waals surface area contributed by atoms with Crippen LogP contribution in [0.2, 0.25) is 0 Å². The topological polar surface area (TPSA) is 104 Å². The molecule has 1 unspecified atom stereocenters. The summed E-state index contributed by atoms with van der Waals surface area (Å²) in [4.78, 5) is 13.6. The Hall–Kier alpha value is -2.78. The van der Waals surface area contributed by atoms with Crippen LogP contribution in [0, 0.1) is 0 Å². The zero-order chi connectivity index (χ0) is 26.8. The van der Waals surface area contributed by atoms with E-state index in [-0.39, 0.29) is 39.0 Å². The molecule has 0 bridgehead atoms. The fraction of sp³-hybridized carbons (Fsp3) is 0.348. The van der Waals surface area contributed by atoms with Gasteiger partial charge in [0.1, 0.15) is 11.2 Å². The standard InChI is InChI=1S/C23H21B2F2N6O2PS/c1-3-37(34,35)17-9-13(15-6-4-5-14(29-15)12-7-8-12)11-28-19(17)21-30-16-10-18(22(24,25)23(26,27)36)31-32-20(16)33(21)2/h4-6,9-12H,3,7-8,36H2,1-2H3. The molecule has 4 heterocycles. The number of fused-ring (bicyclic) bond motifs is 1. The summed E-state index contributed by atoms with van der Waals surface area (Å²) in [6.45, 7) is 1.54. The predicted molar refractivity (Wildman–Crippen MR) is 140 cm³/mol. The van der Waals surface area contributed by atoms with Crippen molar-refractivity contribution in [3.63, 3.8) is 0 Å². The van der Waals surface area contributed by atoms with Gasteiger partial charge in [0, 0.05) is 35.6 Å². The second kappa shape index (κ2) is 8.91. The maximum absolute atomic E-state index is 13.9. The monoisotopic (exact) mass is 536 g/mol.